The van der Waals surface area contributed by atoms with E-state index in [4.69, 9.17) is 4.74 Å². The summed E-state index contributed by atoms with van der Waals surface area (Å²) in [5.41, 5.74) is 0.206. The molecule has 0 amide bonds. The van der Waals surface area contributed by atoms with Crippen LogP contribution in [0.3, 0.4) is 0 Å². The van der Waals surface area contributed by atoms with Gasteiger partial charge in [0.25, 0.3) is 0 Å². The molecule has 0 aromatic carbocycles. The van der Waals surface area contributed by atoms with Crippen molar-refractivity contribution >= 4 is 11.8 Å². The van der Waals surface area contributed by atoms with Crippen molar-refractivity contribution in [2.45, 2.75) is 12.8 Å². The van der Waals surface area contributed by atoms with Crippen molar-refractivity contribution in [1.29, 1.82) is 0 Å². The van der Waals surface area contributed by atoms with Gasteiger partial charge in [0, 0.05) is 20.3 Å². The molecule has 17 heavy (non-hydrogen) atoms. The zero-order chi connectivity index (χ0) is 12.5. The molecule has 1 heterocycles. The van der Waals surface area contributed by atoms with Crippen LogP contribution in [0.25, 0.3) is 0 Å². The van der Waals surface area contributed by atoms with E-state index in [1.165, 1.54) is 19.5 Å². The van der Waals surface area contributed by atoms with E-state index >= 15 is 0 Å². The number of carbonyl (C=O) groups is 1. The summed E-state index contributed by atoms with van der Waals surface area (Å²) in [5, 5.41) is 3.11. The Kier molecular flexibility index (Phi) is 5.95. The van der Waals surface area contributed by atoms with Crippen molar-refractivity contribution in [3.8, 4) is 0 Å². The highest BCUT2D eigenvalue weighted by Crippen LogP contribution is 2.02. The van der Waals surface area contributed by atoms with Crippen LogP contribution < -0.4 is 5.32 Å². The van der Waals surface area contributed by atoms with Crippen LogP contribution in [0.2, 0.25) is 0 Å². The summed E-state index contributed by atoms with van der Waals surface area (Å²) in [6, 6.07) is 0. The van der Waals surface area contributed by atoms with Crippen molar-refractivity contribution in [2.24, 2.45) is 0 Å². The van der Waals surface area contributed by atoms with E-state index in [0.29, 0.717) is 5.82 Å². The molecule has 0 saturated heterocycles. The first-order valence-electron chi connectivity index (χ1n) is 5.41. The number of methoxy groups -OCH3 is 2. The van der Waals surface area contributed by atoms with Gasteiger partial charge in [-0.25, -0.2) is 14.8 Å². The zero-order valence-corrected chi connectivity index (χ0v) is 10.1. The molecule has 6 heteroatoms. The zero-order valence-electron chi connectivity index (χ0n) is 10.1. The van der Waals surface area contributed by atoms with E-state index in [0.717, 1.165) is 26.0 Å². The molecule has 0 unspecified atom stereocenters. The number of carbonyl (C=O) groups excluding carboxylic acids is 1. The fourth-order valence-corrected chi connectivity index (χ4v) is 1.22. The summed E-state index contributed by atoms with van der Waals surface area (Å²) in [5.74, 6) is 0.166. The highest BCUT2D eigenvalue weighted by molar-refractivity contribution is 5.86. The Morgan fingerprint density at radius 2 is 2.12 bits per heavy atom. The number of nitrogens with one attached hydrogen (secondary N) is 1. The molecule has 1 N–H and O–H groups in total. The monoisotopic (exact) mass is 239 g/mol. The van der Waals surface area contributed by atoms with E-state index in [1.807, 2.05) is 0 Å². The third-order valence-corrected chi connectivity index (χ3v) is 2.13. The van der Waals surface area contributed by atoms with Crippen LogP contribution >= 0.6 is 0 Å². The lowest BCUT2D eigenvalue weighted by Gasteiger charge is -2.05. The van der Waals surface area contributed by atoms with Crippen LogP contribution in [-0.2, 0) is 9.47 Å². The smallest absolute Gasteiger partial charge is 0.358 e. The summed E-state index contributed by atoms with van der Waals surface area (Å²) in [4.78, 5) is 19.1. The lowest BCUT2D eigenvalue weighted by atomic mass is 10.3. The summed E-state index contributed by atoms with van der Waals surface area (Å²) in [6.45, 7) is 1.56. The third-order valence-electron chi connectivity index (χ3n) is 2.13. The first kappa shape index (κ1) is 13.4. The SMILES string of the molecule is COCCCCNc1cnc(C(=O)OC)cn1. The third kappa shape index (κ3) is 4.78. The first-order chi connectivity index (χ1) is 8.27. The van der Waals surface area contributed by atoms with Gasteiger partial charge in [-0.1, -0.05) is 0 Å². The van der Waals surface area contributed by atoms with Gasteiger partial charge in [-0.2, -0.15) is 0 Å². The minimum absolute atomic E-state index is 0.206. The molecule has 0 atom stereocenters. The maximum atomic E-state index is 11.1. The van der Waals surface area contributed by atoms with Crippen LogP contribution in [0.15, 0.2) is 12.4 Å². The Bertz CT molecular complexity index is 340. The summed E-state index contributed by atoms with van der Waals surface area (Å²) in [7, 11) is 3.00. The van der Waals surface area contributed by atoms with E-state index in [-0.39, 0.29) is 5.69 Å². The number of ether oxygens (including phenoxy) is 2. The largest absolute Gasteiger partial charge is 0.464 e. The van der Waals surface area contributed by atoms with Crippen LogP contribution in [0.1, 0.15) is 23.3 Å². The van der Waals surface area contributed by atoms with Gasteiger partial charge in [-0.15, -0.1) is 0 Å². The minimum atomic E-state index is -0.482. The van der Waals surface area contributed by atoms with Crippen LogP contribution in [-0.4, -0.2) is 43.3 Å². The number of aromatic nitrogens is 2. The molecule has 1 rings (SSSR count). The fraction of sp³-hybridized carbons (Fsp3) is 0.545. The van der Waals surface area contributed by atoms with Crippen molar-refractivity contribution < 1.29 is 14.3 Å². The Morgan fingerprint density at radius 1 is 1.29 bits per heavy atom. The molecule has 0 saturated carbocycles. The lowest BCUT2D eigenvalue weighted by Crippen LogP contribution is -2.08. The Labute approximate surface area is 100 Å². The minimum Gasteiger partial charge on any atom is -0.464 e. The highest BCUT2D eigenvalue weighted by Gasteiger charge is 2.06. The van der Waals surface area contributed by atoms with Crippen molar-refractivity contribution in [2.75, 3.05) is 32.7 Å². The van der Waals surface area contributed by atoms with Crippen molar-refractivity contribution in [3.05, 3.63) is 18.1 Å². The average Bonchev–Trinajstić information content (AvgIpc) is 2.38. The number of nitrogens with zero attached hydrogens (tertiary/aromatic N) is 2. The molecule has 0 bridgehead atoms. The van der Waals surface area contributed by atoms with Gasteiger partial charge >= 0.3 is 5.97 Å². The number of esters is 1. The molecule has 0 aliphatic rings. The molecule has 1 aromatic heterocycles. The molecule has 0 aliphatic carbocycles. The van der Waals surface area contributed by atoms with E-state index in [1.54, 1.807) is 7.11 Å². The number of unbranched alkanes of at least 4 members (excludes halogenated alkanes) is 1. The van der Waals surface area contributed by atoms with Gasteiger partial charge in [0.2, 0.25) is 0 Å². The molecule has 0 aliphatic heterocycles. The quantitative estimate of drug-likeness (QED) is 0.567. The van der Waals surface area contributed by atoms with Gasteiger partial charge < -0.3 is 14.8 Å². The Balaban J connectivity index is 2.33. The number of hydrogen-bond acceptors (Lipinski definition) is 6. The van der Waals surface area contributed by atoms with Gasteiger partial charge in [0.1, 0.15) is 5.82 Å². The van der Waals surface area contributed by atoms with Crippen LogP contribution in [0.4, 0.5) is 5.82 Å². The maximum Gasteiger partial charge on any atom is 0.358 e. The number of rotatable bonds is 7. The van der Waals surface area contributed by atoms with Gasteiger partial charge in [0.15, 0.2) is 5.69 Å². The van der Waals surface area contributed by atoms with Gasteiger partial charge in [0.05, 0.1) is 19.5 Å². The second-order valence-corrected chi connectivity index (χ2v) is 3.41. The Morgan fingerprint density at radius 3 is 2.71 bits per heavy atom. The first-order valence-corrected chi connectivity index (χ1v) is 5.41. The molecule has 0 radical (unpaired) electrons. The van der Waals surface area contributed by atoms with Gasteiger partial charge in [-0.3, -0.25) is 0 Å². The maximum absolute atomic E-state index is 11.1. The molecule has 6 nitrogen and oxygen atoms in total. The predicted octanol–water partition coefficient (Wildman–Crippen LogP) is 1.10. The normalized spacial score (nSPS) is 10.0. The standard InChI is InChI=1S/C11H17N3O3/c1-16-6-4-3-5-12-10-8-13-9(7-14-10)11(15)17-2/h7-8H,3-6H2,1-2H3,(H,12,14). The van der Waals surface area contributed by atoms with Crippen molar-refractivity contribution in [1.82, 2.24) is 9.97 Å². The number of anilines is 1. The predicted molar refractivity (Wildman–Crippen MR) is 63.0 cm³/mol. The molecule has 0 spiro atoms. The van der Waals surface area contributed by atoms with Crippen LogP contribution in [0.5, 0.6) is 0 Å². The molecule has 1 aromatic rings. The lowest BCUT2D eigenvalue weighted by molar-refractivity contribution is 0.0593. The van der Waals surface area contributed by atoms with Crippen molar-refractivity contribution in [3.63, 3.8) is 0 Å². The van der Waals surface area contributed by atoms with Gasteiger partial charge in [-0.05, 0) is 12.8 Å². The molecular weight excluding hydrogens is 222 g/mol. The second kappa shape index (κ2) is 7.56. The Hall–Kier alpha value is -1.69. The average molecular weight is 239 g/mol. The second-order valence-electron chi connectivity index (χ2n) is 3.41. The van der Waals surface area contributed by atoms with E-state index in [9.17, 15) is 4.79 Å². The molecule has 94 valence electrons. The molecule has 0 fully saturated rings. The van der Waals surface area contributed by atoms with Crippen LogP contribution in [0, 0.1) is 0 Å². The number of hydrogen-bond donors (Lipinski definition) is 1. The summed E-state index contributed by atoms with van der Waals surface area (Å²) in [6.07, 6.45) is 4.90. The summed E-state index contributed by atoms with van der Waals surface area (Å²) >= 11 is 0. The van der Waals surface area contributed by atoms with E-state index in [2.05, 4.69) is 20.0 Å². The summed E-state index contributed by atoms with van der Waals surface area (Å²) < 4.78 is 9.47. The van der Waals surface area contributed by atoms with E-state index < -0.39 is 5.97 Å². The topological polar surface area (TPSA) is 73.3 Å². The molecular formula is C11H17N3O3. The fourth-order valence-electron chi connectivity index (χ4n) is 1.22. The highest BCUT2D eigenvalue weighted by atomic mass is 16.5.